The first kappa shape index (κ1) is 12.8. The van der Waals surface area contributed by atoms with E-state index in [2.05, 4.69) is 20.8 Å². The van der Waals surface area contributed by atoms with Gasteiger partial charge in [0.05, 0.1) is 10.0 Å². The molecule has 1 aromatic rings. The van der Waals surface area contributed by atoms with Crippen molar-refractivity contribution in [2.45, 2.75) is 32.7 Å². The fourth-order valence-electron chi connectivity index (χ4n) is 1.77. The molecule has 84 valence electrons. The van der Waals surface area contributed by atoms with Gasteiger partial charge >= 0.3 is 0 Å². The van der Waals surface area contributed by atoms with Gasteiger partial charge in [-0.15, -0.1) is 0 Å². The number of rotatable bonds is 3. The molecule has 0 amide bonds. The van der Waals surface area contributed by atoms with Gasteiger partial charge in [-0.3, -0.25) is 0 Å². The Balaban J connectivity index is 3.30. The van der Waals surface area contributed by atoms with Crippen LogP contribution in [0.25, 0.3) is 0 Å². The fourth-order valence-corrected chi connectivity index (χ4v) is 2.25. The van der Waals surface area contributed by atoms with E-state index in [1.165, 1.54) is 0 Å². The van der Waals surface area contributed by atoms with Gasteiger partial charge in [0.25, 0.3) is 0 Å². The molecule has 0 fully saturated rings. The van der Waals surface area contributed by atoms with Crippen LogP contribution in [0.1, 0.15) is 32.8 Å². The van der Waals surface area contributed by atoms with Gasteiger partial charge in [-0.05, 0) is 24.0 Å². The molecule has 0 aliphatic carbocycles. The second-order valence-corrected chi connectivity index (χ2v) is 4.94. The highest BCUT2D eigenvalue weighted by atomic mass is 35.5. The Morgan fingerprint density at radius 1 is 1.33 bits per heavy atom. The first-order chi connectivity index (χ1) is 6.93. The third-order valence-corrected chi connectivity index (χ3v) is 3.89. The van der Waals surface area contributed by atoms with E-state index in [0.29, 0.717) is 16.0 Å². The topological polar surface area (TPSA) is 26.0 Å². The van der Waals surface area contributed by atoms with Crippen molar-refractivity contribution >= 4 is 23.2 Å². The van der Waals surface area contributed by atoms with Gasteiger partial charge in [-0.1, -0.05) is 56.1 Å². The lowest BCUT2D eigenvalue weighted by Crippen LogP contribution is -2.41. The molecule has 0 aromatic heterocycles. The van der Waals surface area contributed by atoms with E-state index >= 15 is 0 Å². The van der Waals surface area contributed by atoms with Crippen LogP contribution < -0.4 is 5.73 Å². The van der Waals surface area contributed by atoms with Crippen LogP contribution in [0.3, 0.4) is 0 Å². The monoisotopic (exact) mass is 245 g/mol. The predicted molar refractivity (Wildman–Crippen MR) is 67.5 cm³/mol. The molecule has 0 radical (unpaired) electrons. The van der Waals surface area contributed by atoms with Gasteiger partial charge in [0.2, 0.25) is 0 Å². The van der Waals surface area contributed by atoms with Gasteiger partial charge in [0, 0.05) is 5.54 Å². The molecule has 2 N–H and O–H groups in total. The van der Waals surface area contributed by atoms with Crippen molar-refractivity contribution in [3.63, 3.8) is 0 Å². The van der Waals surface area contributed by atoms with Crippen LogP contribution in [0.4, 0.5) is 0 Å². The van der Waals surface area contributed by atoms with Crippen molar-refractivity contribution < 1.29 is 0 Å². The third-order valence-electron chi connectivity index (χ3n) is 3.07. The molecular formula is C12H17Cl2N. The molecule has 1 nitrogen and oxygen atoms in total. The Hall–Kier alpha value is -0.240. The van der Waals surface area contributed by atoms with Crippen LogP contribution in [-0.2, 0) is 5.54 Å². The fraction of sp³-hybridized carbons (Fsp3) is 0.500. The van der Waals surface area contributed by atoms with Crippen molar-refractivity contribution in [3.8, 4) is 0 Å². The zero-order valence-corrected chi connectivity index (χ0v) is 10.9. The minimum atomic E-state index is -0.401. The molecular weight excluding hydrogens is 229 g/mol. The van der Waals surface area contributed by atoms with E-state index in [4.69, 9.17) is 28.9 Å². The van der Waals surface area contributed by atoms with Crippen molar-refractivity contribution in [1.29, 1.82) is 0 Å². The summed E-state index contributed by atoms with van der Waals surface area (Å²) >= 11 is 12.2. The van der Waals surface area contributed by atoms with Gasteiger partial charge in [-0.25, -0.2) is 0 Å². The SMILES string of the molecule is CCC(N)(c1cccc(Cl)c1Cl)C(C)C. The van der Waals surface area contributed by atoms with Crippen molar-refractivity contribution in [1.82, 2.24) is 0 Å². The summed E-state index contributed by atoms with van der Waals surface area (Å²) in [6.07, 6.45) is 0.838. The molecule has 1 aromatic carbocycles. The Morgan fingerprint density at radius 3 is 2.40 bits per heavy atom. The Labute approximate surface area is 102 Å². The Morgan fingerprint density at radius 2 is 1.93 bits per heavy atom. The van der Waals surface area contributed by atoms with Crippen molar-refractivity contribution in [2.75, 3.05) is 0 Å². The van der Waals surface area contributed by atoms with E-state index in [0.717, 1.165) is 12.0 Å². The lowest BCUT2D eigenvalue weighted by atomic mass is 9.79. The Kier molecular flexibility index (Phi) is 4.05. The maximum Gasteiger partial charge on any atom is 0.0642 e. The van der Waals surface area contributed by atoms with Crippen LogP contribution in [0, 0.1) is 5.92 Å². The van der Waals surface area contributed by atoms with Crippen molar-refractivity contribution in [3.05, 3.63) is 33.8 Å². The van der Waals surface area contributed by atoms with Gasteiger partial charge in [-0.2, -0.15) is 0 Å². The van der Waals surface area contributed by atoms with Crippen LogP contribution in [0.15, 0.2) is 18.2 Å². The normalized spacial score (nSPS) is 15.4. The van der Waals surface area contributed by atoms with E-state index in [1.807, 2.05) is 12.1 Å². The van der Waals surface area contributed by atoms with Gasteiger partial charge in [0.1, 0.15) is 0 Å². The lowest BCUT2D eigenvalue weighted by molar-refractivity contribution is 0.306. The highest BCUT2D eigenvalue weighted by molar-refractivity contribution is 6.42. The highest BCUT2D eigenvalue weighted by Gasteiger charge is 2.31. The van der Waals surface area contributed by atoms with Crippen LogP contribution in [0.5, 0.6) is 0 Å². The van der Waals surface area contributed by atoms with E-state index in [1.54, 1.807) is 6.07 Å². The zero-order valence-electron chi connectivity index (χ0n) is 9.35. The first-order valence-corrected chi connectivity index (χ1v) is 5.92. The average Bonchev–Trinajstić information content (AvgIpc) is 2.20. The largest absolute Gasteiger partial charge is 0.321 e. The lowest BCUT2D eigenvalue weighted by Gasteiger charge is -2.34. The zero-order chi connectivity index (χ0) is 11.6. The summed E-state index contributed by atoms with van der Waals surface area (Å²) in [5.74, 6) is 0.318. The quantitative estimate of drug-likeness (QED) is 0.849. The van der Waals surface area contributed by atoms with E-state index in [-0.39, 0.29) is 0 Å². The number of nitrogens with two attached hydrogens (primary N) is 1. The molecule has 1 atom stereocenters. The summed E-state index contributed by atoms with van der Waals surface area (Å²) in [6.45, 7) is 6.26. The number of hydrogen-bond acceptors (Lipinski definition) is 1. The minimum Gasteiger partial charge on any atom is -0.321 e. The summed E-state index contributed by atoms with van der Waals surface area (Å²) in [5, 5.41) is 1.15. The highest BCUT2D eigenvalue weighted by Crippen LogP contribution is 2.37. The Bertz CT molecular complexity index is 349. The molecule has 0 heterocycles. The minimum absolute atomic E-state index is 0.318. The molecule has 3 heteroatoms. The van der Waals surface area contributed by atoms with Crippen LogP contribution >= 0.6 is 23.2 Å². The molecule has 0 spiro atoms. The number of hydrogen-bond donors (Lipinski definition) is 1. The smallest absolute Gasteiger partial charge is 0.0642 e. The second kappa shape index (κ2) is 4.73. The average molecular weight is 246 g/mol. The van der Waals surface area contributed by atoms with Gasteiger partial charge in [0.15, 0.2) is 0 Å². The molecule has 0 aliphatic rings. The standard InChI is InChI=1S/C12H17Cl2N/c1-4-12(15,8(2)3)9-6-5-7-10(13)11(9)14/h5-8H,4,15H2,1-3H3. The first-order valence-electron chi connectivity index (χ1n) is 5.16. The second-order valence-electron chi connectivity index (χ2n) is 4.15. The summed E-state index contributed by atoms with van der Waals surface area (Å²) in [7, 11) is 0. The molecule has 1 unspecified atom stereocenters. The predicted octanol–water partition coefficient (Wildman–Crippen LogP) is 4.21. The van der Waals surface area contributed by atoms with Crippen LogP contribution in [-0.4, -0.2) is 0 Å². The van der Waals surface area contributed by atoms with E-state index < -0.39 is 5.54 Å². The molecule has 0 bridgehead atoms. The maximum absolute atomic E-state index is 6.39. The summed E-state index contributed by atoms with van der Waals surface area (Å²) < 4.78 is 0. The summed E-state index contributed by atoms with van der Waals surface area (Å²) in [4.78, 5) is 0. The van der Waals surface area contributed by atoms with Crippen molar-refractivity contribution in [2.24, 2.45) is 11.7 Å². The third kappa shape index (κ3) is 2.30. The number of benzene rings is 1. The van der Waals surface area contributed by atoms with E-state index in [9.17, 15) is 0 Å². The molecule has 0 saturated heterocycles. The molecule has 0 saturated carbocycles. The van der Waals surface area contributed by atoms with Gasteiger partial charge < -0.3 is 5.73 Å². The van der Waals surface area contributed by atoms with Crippen LogP contribution in [0.2, 0.25) is 10.0 Å². The summed E-state index contributed by atoms with van der Waals surface area (Å²) in [6, 6.07) is 5.63. The maximum atomic E-state index is 6.39. The molecule has 15 heavy (non-hydrogen) atoms. The summed E-state index contributed by atoms with van der Waals surface area (Å²) in [5.41, 5.74) is 6.93. The molecule has 0 aliphatic heterocycles. The molecule has 1 rings (SSSR count). The number of halogens is 2.